The van der Waals surface area contributed by atoms with Crippen molar-refractivity contribution in [2.45, 2.75) is 32.6 Å². The van der Waals surface area contributed by atoms with Crippen molar-refractivity contribution < 1.29 is 9.21 Å². The van der Waals surface area contributed by atoms with Gasteiger partial charge in [0.15, 0.2) is 11.5 Å². The van der Waals surface area contributed by atoms with E-state index in [-0.39, 0.29) is 17.6 Å². The molecule has 142 valence electrons. The Labute approximate surface area is 161 Å². The normalized spacial score (nSPS) is 17.5. The number of aryl methyl sites for hydroxylation is 2. The van der Waals surface area contributed by atoms with Crippen LogP contribution >= 0.6 is 0 Å². The molecule has 5 rings (SSSR count). The van der Waals surface area contributed by atoms with Crippen molar-refractivity contribution in [3.8, 4) is 0 Å². The SMILES string of the molecule is Cc1cc(C)n2nc(C(=O)N3CCCC(c4nc5ccccc5o4)C3)nc2n1. The molecule has 0 spiro atoms. The maximum Gasteiger partial charge on any atom is 0.293 e. The summed E-state index contributed by atoms with van der Waals surface area (Å²) >= 11 is 0. The Bertz CT molecular complexity index is 1160. The van der Waals surface area contributed by atoms with Crippen molar-refractivity contribution in [2.24, 2.45) is 0 Å². The molecule has 1 atom stereocenters. The van der Waals surface area contributed by atoms with E-state index >= 15 is 0 Å². The van der Waals surface area contributed by atoms with E-state index in [1.165, 1.54) is 0 Å². The number of hydrogen-bond donors (Lipinski definition) is 0. The van der Waals surface area contributed by atoms with Crippen LogP contribution in [-0.2, 0) is 0 Å². The fourth-order valence-electron chi connectivity index (χ4n) is 3.83. The van der Waals surface area contributed by atoms with Crippen molar-refractivity contribution in [2.75, 3.05) is 13.1 Å². The molecule has 1 saturated heterocycles. The van der Waals surface area contributed by atoms with Crippen LogP contribution in [0.1, 0.15) is 46.7 Å². The topological polar surface area (TPSA) is 89.4 Å². The second kappa shape index (κ2) is 6.40. The van der Waals surface area contributed by atoms with Crippen molar-refractivity contribution in [3.05, 3.63) is 53.4 Å². The largest absolute Gasteiger partial charge is 0.440 e. The van der Waals surface area contributed by atoms with Gasteiger partial charge in [0.25, 0.3) is 11.7 Å². The van der Waals surface area contributed by atoms with Crippen LogP contribution in [-0.4, -0.2) is 48.5 Å². The summed E-state index contributed by atoms with van der Waals surface area (Å²) < 4.78 is 7.54. The molecule has 3 aromatic heterocycles. The van der Waals surface area contributed by atoms with Gasteiger partial charge in [0.2, 0.25) is 5.82 Å². The zero-order valence-corrected chi connectivity index (χ0v) is 15.8. The Balaban J connectivity index is 1.41. The summed E-state index contributed by atoms with van der Waals surface area (Å²) in [4.78, 5) is 28.1. The van der Waals surface area contributed by atoms with Crippen LogP contribution in [0.4, 0.5) is 0 Å². The number of carbonyl (C=O) groups excluding carboxylic acids is 1. The summed E-state index contributed by atoms with van der Waals surface area (Å²) in [6.07, 6.45) is 1.83. The fraction of sp³-hybridized carbons (Fsp3) is 0.350. The maximum absolute atomic E-state index is 13.0. The summed E-state index contributed by atoms with van der Waals surface area (Å²) in [6.45, 7) is 5.05. The Morgan fingerprint density at radius 1 is 1.18 bits per heavy atom. The number of para-hydroxylation sites is 2. The van der Waals surface area contributed by atoms with Gasteiger partial charge >= 0.3 is 0 Å². The lowest BCUT2D eigenvalue weighted by Crippen LogP contribution is -2.39. The van der Waals surface area contributed by atoms with Gasteiger partial charge in [0.1, 0.15) is 5.52 Å². The Kier molecular flexibility index (Phi) is 3.85. The highest BCUT2D eigenvalue weighted by Crippen LogP contribution is 2.29. The van der Waals surface area contributed by atoms with E-state index in [9.17, 15) is 4.79 Å². The summed E-state index contributed by atoms with van der Waals surface area (Å²) in [5.41, 5.74) is 3.38. The minimum absolute atomic E-state index is 0.0734. The lowest BCUT2D eigenvalue weighted by atomic mass is 9.98. The quantitative estimate of drug-likeness (QED) is 0.534. The van der Waals surface area contributed by atoms with Crippen molar-refractivity contribution in [3.63, 3.8) is 0 Å². The van der Waals surface area contributed by atoms with E-state index in [0.29, 0.717) is 24.8 Å². The van der Waals surface area contributed by atoms with Crippen LogP contribution in [0.5, 0.6) is 0 Å². The highest BCUT2D eigenvalue weighted by Gasteiger charge is 2.30. The standard InChI is InChI=1S/C20H20N6O2/c1-12-10-13(2)26-20(21-12)23-17(24-26)19(27)25-9-5-6-14(11-25)18-22-15-7-3-4-8-16(15)28-18/h3-4,7-8,10,14H,5-6,9,11H2,1-2H3. The van der Waals surface area contributed by atoms with Gasteiger partial charge in [-0.3, -0.25) is 4.79 Å². The smallest absolute Gasteiger partial charge is 0.293 e. The molecule has 0 radical (unpaired) electrons. The van der Waals surface area contributed by atoms with Gasteiger partial charge in [-0.1, -0.05) is 12.1 Å². The number of benzene rings is 1. The van der Waals surface area contributed by atoms with E-state index in [1.807, 2.05) is 44.2 Å². The van der Waals surface area contributed by atoms with Crippen LogP contribution in [0, 0.1) is 13.8 Å². The molecule has 0 saturated carbocycles. The monoisotopic (exact) mass is 376 g/mol. The van der Waals surface area contributed by atoms with Crippen LogP contribution in [0.25, 0.3) is 16.9 Å². The van der Waals surface area contributed by atoms with Gasteiger partial charge in [0, 0.05) is 24.5 Å². The number of hydrogen-bond acceptors (Lipinski definition) is 6. The van der Waals surface area contributed by atoms with E-state index in [1.54, 1.807) is 9.42 Å². The highest BCUT2D eigenvalue weighted by atomic mass is 16.3. The molecule has 8 heteroatoms. The number of likely N-dealkylation sites (tertiary alicyclic amines) is 1. The molecule has 1 aliphatic rings. The van der Waals surface area contributed by atoms with Crippen molar-refractivity contribution >= 4 is 22.8 Å². The average Bonchev–Trinajstić information content (AvgIpc) is 3.31. The molecule has 0 bridgehead atoms. The zero-order valence-electron chi connectivity index (χ0n) is 15.8. The first-order valence-corrected chi connectivity index (χ1v) is 9.44. The third-order valence-corrected chi connectivity index (χ3v) is 5.18. The van der Waals surface area contributed by atoms with Crippen molar-refractivity contribution in [1.82, 2.24) is 29.5 Å². The second-order valence-corrected chi connectivity index (χ2v) is 7.30. The molecular formula is C20H20N6O2. The Morgan fingerprint density at radius 3 is 2.89 bits per heavy atom. The summed E-state index contributed by atoms with van der Waals surface area (Å²) in [5, 5.41) is 4.37. The second-order valence-electron chi connectivity index (χ2n) is 7.30. The third kappa shape index (κ3) is 2.81. The molecular weight excluding hydrogens is 356 g/mol. The van der Waals surface area contributed by atoms with Gasteiger partial charge in [-0.15, -0.1) is 5.10 Å². The van der Waals surface area contributed by atoms with Gasteiger partial charge in [-0.25, -0.2) is 14.5 Å². The van der Waals surface area contributed by atoms with Crippen LogP contribution in [0.2, 0.25) is 0 Å². The van der Waals surface area contributed by atoms with Gasteiger partial charge < -0.3 is 9.32 Å². The molecule has 1 aromatic carbocycles. The average molecular weight is 376 g/mol. The highest BCUT2D eigenvalue weighted by molar-refractivity contribution is 5.91. The van der Waals surface area contributed by atoms with Gasteiger partial charge in [-0.2, -0.15) is 4.98 Å². The van der Waals surface area contributed by atoms with E-state index in [4.69, 9.17) is 4.42 Å². The minimum Gasteiger partial charge on any atom is -0.440 e. The van der Waals surface area contributed by atoms with Gasteiger partial charge in [0.05, 0.1) is 5.92 Å². The molecule has 0 aliphatic carbocycles. The lowest BCUT2D eigenvalue weighted by molar-refractivity contribution is 0.0686. The lowest BCUT2D eigenvalue weighted by Gasteiger charge is -2.30. The number of rotatable bonds is 2. The third-order valence-electron chi connectivity index (χ3n) is 5.18. The fourth-order valence-corrected chi connectivity index (χ4v) is 3.83. The first-order chi connectivity index (χ1) is 13.6. The molecule has 4 aromatic rings. The summed E-state index contributed by atoms with van der Waals surface area (Å²) in [7, 11) is 0. The zero-order chi connectivity index (χ0) is 19.3. The first kappa shape index (κ1) is 16.9. The van der Waals surface area contributed by atoms with E-state index < -0.39 is 0 Å². The number of amides is 1. The number of nitrogens with zero attached hydrogens (tertiary/aromatic N) is 6. The number of aromatic nitrogens is 5. The first-order valence-electron chi connectivity index (χ1n) is 9.44. The number of piperidine rings is 1. The number of fused-ring (bicyclic) bond motifs is 2. The molecule has 4 heterocycles. The molecule has 0 N–H and O–H groups in total. The maximum atomic E-state index is 13.0. The Morgan fingerprint density at radius 2 is 2.04 bits per heavy atom. The predicted molar refractivity (Wildman–Crippen MR) is 102 cm³/mol. The summed E-state index contributed by atoms with van der Waals surface area (Å²) in [6, 6.07) is 9.64. The molecule has 1 amide bonds. The van der Waals surface area contributed by atoms with Crippen LogP contribution < -0.4 is 0 Å². The van der Waals surface area contributed by atoms with E-state index in [2.05, 4.69) is 20.1 Å². The molecule has 1 unspecified atom stereocenters. The number of oxazole rings is 1. The van der Waals surface area contributed by atoms with Gasteiger partial charge in [-0.05, 0) is 44.9 Å². The van der Waals surface area contributed by atoms with Crippen LogP contribution in [0.3, 0.4) is 0 Å². The van der Waals surface area contributed by atoms with Crippen molar-refractivity contribution in [1.29, 1.82) is 0 Å². The number of carbonyl (C=O) groups is 1. The minimum atomic E-state index is -0.177. The van der Waals surface area contributed by atoms with Crippen LogP contribution in [0.15, 0.2) is 34.7 Å². The predicted octanol–water partition coefficient (Wildman–Crippen LogP) is 2.90. The molecule has 1 aliphatic heterocycles. The molecule has 1 fully saturated rings. The van der Waals surface area contributed by atoms with E-state index in [0.717, 1.165) is 35.3 Å². The Hall–Kier alpha value is -3.29. The summed E-state index contributed by atoms with van der Waals surface area (Å²) in [5.74, 6) is 1.22. The molecule has 8 nitrogen and oxygen atoms in total. The molecule has 28 heavy (non-hydrogen) atoms.